The van der Waals surface area contributed by atoms with Gasteiger partial charge in [0.1, 0.15) is 17.2 Å². The van der Waals surface area contributed by atoms with Crippen molar-refractivity contribution >= 4 is 27.8 Å². The molecule has 1 aliphatic rings. The number of hydrogen-bond acceptors (Lipinski definition) is 5. The summed E-state index contributed by atoms with van der Waals surface area (Å²) in [5, 5.41) is 1.01. The molecule has 0 bridgehead atoms. The van der Waals surface area contributed by atoms with E-state index < -0.39 is 0 Å². The number of ether oxygens (including phenoxy) is 1. The lowest BCUT2D eigenvalue weighted by Gasteiger charge is -2.25. The molecule has 168 valence electrons. The van der Waals surface area contributed by atoms with Crippen molar-refractivity contribution in [1.82, 2.24) is 24.8 Å². The molecule has 1 amide bonds. The van der Waals surface area contributed by atoms with Crippen LogP contribution in [0.15, 0.2) is 73.1 Å². The molecule has 6 rings (SSSR count). The molecule has 0 spiro atoms. The first-order valence-electron chi connectivity index (χ1n) is 11.4. The van der Waals surface area contributed by atoms with Crippen LogP contribution >= 0.6 is 0 Å². The molecule has 0 radical (unpaired) electrons. The first kappa shape index (κ1) is 20.4. The number of aromatic nitrogens is 4. The number of amides is 1. The number of H-pyrrole nitrogens is 1. The summed E-state index contributed by atoms with van der Waals surface area (Å²) in [6.07, 6.45) is 5.39. The lowest BCUT2D eigenvalue weighted by Crippen LogP contribution is -2.28. The fraction of sp³-hybridized carbons (Fsp3) is 0.185. The summed E-state index contributed by atoms with van der Waals surface area (Å²) in [5.74, 6) is 2.19. The molecule has 34 heavy (non-hydrogen) atoms. The van der Waals surface area contributed by atoms with Crippen molar-refractivity contribution in [1.29, 1.82) is 0 Å². The minimum Gasteiger partial charge on any atom is -0.457 e. The molecule has 2 aromatic carbocycles. The molecule has 1 N–H and O–H groups in total. The van der Waals surface area contributed by atoms with Crippen LogP contribution < -0.4 is 4.74 Å². The Morgan fingerprint density at radius 3 is 2.79 bits per heavy atom. The van der Waals surface area contributed by atoms with E-state index in [1.165, 1.54) is 0 Å². The number of carbonyl (C=O) groups is 1. The molecule has 1 unspecified atom stereocenters. The first-order chi connectivity index (χ1) is 16.7. The third-order valence-electron chi connectivity index (χ3n) is 6.34. The average molecular weight is 450 g/mol. The summed E-state index contributed by atoms with van der Waals surface area (Å²) in [7, 11) is 0. The Morgan fingerprint density at radius 1 is 1.03 bits per heavy atom. The van der Waals surface area contributed by atoms with E-state index in [0.717, 1.165) is 52.6 Å². The third-order valence-corrected chi connectivity index (χ3v) is 6.34. The number of imidazole rings is 1. The molecule has 4 heterocycles. The standard InChI is InChI=1S/C27H23N5O2/c1-17(33)32-13-5-8-25(32)20-15-23-24(31-27(30-23)22-7-2-3-11-29-22)16-26(20)34-19-9-10-21-18(14-19)6-4-12-28-21/h2-4,6-7,9-12,14-16,25H,5,8,13H2,1H3,(H,30,31). The van der Waals surface area contributed by atoms with Crippen molar-refractivity contribution < 1.29 is 9.53 Å². The number of nitrogens with one attached hydrogen (secondary N) is 1. The number of pyridine rings is 2. The predicted octanol–water partition coefficient (Wildman–Crippen LogP) is 5.65. The Balaban J connectivity index is 1.47. The zero-order valence-corrected chi connectivity index (χ0v) is 18.7. The van der Waals surface area contributed by atoms with E-state index in [-0.39, 0.29) is 11.9 Å². The minimum absolute atomic E-state index is 0.0411. The van der Waals surface area contributed by atoms with Crippen LogP contribution in [0.3, 0.4) is 0 Å². The Morgan fingerprint density at radius 2 is 1.94 bits per heavy atom. The zero-order chi connectivity index (χ0) is 23.1. The summed E-state index contributed by atoms with van der Waals surface area (Å²) < 4.78 is 6.45. The van der Waals surface area contributed by atoms with E-state index >= 15 is 0 Å². The van der Waals surface area contributed by atoms with Crippen molar-refractivity contribution in [3.8, 4) is 23.0 Å². The maximum atomic E-state index is 12.3. The third kappa shape index (κ3) is 3.65. The number of aromatic amines is 1. The molecule has 5 aromatic rings. The lowest BCUT2D eigenvalue weighted by molar-refractivity contribution is -0.129. The summed E-state index contributed by atoms with van der Waals surface area (Å²) in [6, 6.07) is 19.5. The van der Waals surface area contributed by atoms with E-state index in [1.807, 2.05) is 59.5 Å². The highest BCUT2D eigenvalue weighted by Crippen LogP contribution is 2.41. The number of nitrogens with zero attached hydrogens (tertiary/aromatic N) is 4. The summed E-state index contributed by atoms with van der Waals surface area (Å²) in [5.41, 5.74) is 4.34. The fourth-order valence-corrected chi connectivity index (χ4v) is 4.74. The smallest absolute Gasteiger partial charge is 0.219 e. The van der Waals surface area contributed by atoms with Gasteiger partial charge in [0, 0.05) is 42.9 Å². The molecule has 1 atom stereocenters. The SMILES string of the molecule is CC(=O)N1CCCC1c1cc2[nH]c(-c3ccccn3)nc2cc1Oc1ccc2ncccc2c1. The average Bonchev–Trinajstić information content (AvgIpc) is 3.51. The van der Waals surface area contributed by atoms with E-state index in [0.29, 0.717) is 17.3 Å². The topological polar surface area (TPSA) is 84.0 Å². The van der Waals surface area contributed by atoms with Gasteiger partial charge in [-0.05, 0) is 55.3 Å². The van der Waals surface area contributed by atoms with Gasteiger partial charge in [0.05, 0.1) is 22.6 Å². The van der Waals surface area contributed by atoms with Gasteiger partial charge < -0.3 is 14.6 Å². The van der Waals surface area contributed by atoms with Gasteiger partial charge in [-0.3, -0.25) is 14.8 Å². The number of carbonyl (C=O) groups excluding carboxylic acids is 1. The number of benzene rings is 2. The van der Waals surface area contributed by atoms with Gasteiger partial charge in [-0.1, -0.05) is 12.1 Å². The quantitative estimate of drug-likeness (QED) is 0.383. The van der Waals surface area contributed by atoms with Crippen molar-refractivity contribution in [3.05, 3.63) is 78.6 Å². The minimum atomic E-state index is -0.0411. The highest BCUT2D eigenvalue weighted by molar-refractivity contribution is 5.83. The van der Waals surface area contributed by atoms with E-state index in [1.54, 1.807) is 19.3 Å². The first-order valence-corrected chi connectivity index (χ1v) is 11.4. The molecule has 7 nitrogen and oxygen atoms in total. The Hall–Kier alpha value is -4.26. The molecular weight excluding hydrogens is 426 g/mol. The van der Waals surface area contributed by atoms with Gasteiger partial charge in [-0.2, -0.15) is 0 Å². The lowest BCUT2D eigenvalue weighted by atomic mass is 10.0. The van der Waals surface area contributed by atoms with Gasteiger partial charge in [-0.25, -0.2) is 4.98 Å². The van der Waals surface area contributed by atoms with Crippen molar-refractivity contribution in [2.45, 2.75) is 25.8 Å². The number of likely N-dealkylation sites (tertiary alicyclic amines) is 1. The highest BCUT2D eigenvalue weighted by atomic mass is 16.5. The number of fused-ring (bicyclic) bond motifs is 2. The predicted molar refractivity (Wildman–Crippen MR) is 131 cm³/mol. The van der Waals surface area contributed by atoms with Gasteiger partial charge in [0.2, 0.25) is 5.91 Å². The Labute approximate surface area is 196 Å². The summed E-state index contributed by atoms with van der Waals surface area (Å²) in [4.78, 5) is 31.2. The second kappa shape index (κ2) is 8.26. The molecule has 3 aromatic heterocycles. The summed E-state index contributed by atoms with van der Waals surface area (Å²) in [6.45, 7) is 2.38. The maximum Gasteiger partial charge on any atom is 0.219 e. The van der Waals surface area contributed by atoms with Crippen LogP contribution in [0.2, 0.25) is 0 Å². The molecule has 1 saturated heterocycles. The normalized spacial score (nSPS) is 15.8. The van der Waals surface area contributed by atoms with E-state index in [4.69, 9.17) is 9.72 Å². The van der Waals surface area contributed by atoms with Crippen LogP contribution in [0.4, 0.5) is 0 Å². The number of hydrogen-bond donors (Lipinski definition) is 1. The maximum absolute atomic E-state index is 12.3. The molecular formula is C27H23N5O2. The van der Waals surface area contributed by atoms with Gasteiger partial charge in [0.15, 0.2) is 5.82 Å². The van der Waals surface area contributed by atoms with E-state index in [2.05, 4.69) is 21.0 Å². The second-order valence-corrected chi connectivity index (χ2v) is 8.54. The Bertz CT molecular complexity index is 1510. The molecule has 1 fully saturated rings. The molecule has 7 heteroatoms. The second-order valence-electron chi connectivity index (χ2n) is 8.54. The largest absolute Gasteiger partial charge is 0.457 e. The number of rotatable bonds is 4. The highest BCUT2D eigenvalue weighted by Gasteiger charge is 2.31. The van der Waals surface area contributed by atoms with Gasteiger partial charge in [-0.15, -0.1) is 0 Å². The zero-order valence-electron chi connectivity index (χ0n) is 18.7. The van der Waals surface area contributed by atoms with Gasteiger partial charge in [0.25, 0.3) is 0 Å². The fourth-order valence-electron chi connectivity index (χ4n) is 4.74. The van der Waals surface area contributed by atoms with Crippen LogP contribution in [0.5, 0.6) is 11.5 Å². The van der Waals surface area contributed by atoms with Gasteiger partial charge >= 0.3 is 0 Å². The van der Waals surface area contributed by atoms with Crippen LogP contribution in [0.1, 0.15) is 31.4 Å². The van der Waals surface area contributed by atoms with Crippen molar-refractivity contribution in [2.75, 3.05) is 6.54 Å². The molecule has 1 aliphatic heterocycles. The van der Waals surface area contributed by atoms with Crippen LogP contribution in [-0.4, -0.2) is 37.3 Å². The van der Waals surface area contributed by atoms with E-state index in [9.17, 15) is 4.79 Å². The van der Waals surface area contributed by atoms with Crippen molar-refractivity contribution in [3.63, 3.8) is 0 Å². The van der Waals surface area contributed by atoms with Crippen LogP contribution in [-0.2, 0) is 4.79 Å². The van der Waals surface area contributed by atoms with Crippen LogP contribution in [0, 0.1) is 0 Å². The van der Waals surface area contributed by atoms with Crippen molar-refractivity contribution in [2.24, 2.45) is 0 Å². The summed E-state index contributed by atoms with van der Waals surface area (Å²) >= 11 is 0. The molecule has 0 saturated carbocycles. The van der Waals surface area contributed by atoms with Crippen LogP contribution in [0.25, 0.3) is 33.5 Å². The monoisotopic (exact) mass is 449 g/mol. The molecule has 0 aliphatic carbocycles. The Kier molecular flexibility index (Phi) is 4.95.